The summed E-state index contributed by atoms with van der Waals surface area (Å²) in [5.41, 5.74) is 7.65. The number of benzene rings is 2. The Labute approximate surface area is 167 Å². The Kier molecular flexibility index (Phi) is 5.38. The molecule has 1 aliphatic heterocycles. The number of fused-ring (bicyclic) bond motifs is 1. The van der Waals surface area contributed by atoms with Crippen molar-refractivity contribution in [1.82, 2.24) is 9.78 Å². The summed E-state index contributed by atoms with van der Waals surface area (Å²) in [6.07, 6.45) is 5.47. The molecular weight excluding hydrogens is 346 g/mol. The third-order valence-corrected chi connectivity index (χ3v) is 5.60. The molecule has 0 spiro atoms. The van der Waals surface area contributed by atoms with Crippen molar-refractivity contribution in [2.45, 2.75) is 46.0 Å². The molecule has 0 atom stereocenters. The van der Waals surface area contributed by atoms with Gasteiger partial charge in [0.15, 0.2) is 0 Å². The van der Waals surface area contributed by atoms with E-state index >= 15 is 0 Å². The van der Waals surface area contributed by atoms with Gasteiger partial charge >= 0.3 is 0 Å². The van der Waals surface area contributed by atoms with E-state index in [2.05, 4.69) is 54.2 Å². The molecule has 1 N–H and O–H groups in total. The van der Waals surface area contributed by atoms with Gasteiger partial charge in [-0.3, -0.25) is 0 Å². The van der Waals surface area contributed by atoms with Crippen molar-refractivity contribution in [1.29, 1.82) is 0 Å². The molecule has 2 heterocycles. The second-order valence-electron chi connectivity index (χ2n) is 7.71. The summed E-state index contributed by atoms with van der Waals surface area (Å²) in [5.74, 6) is 2.09. The molecule has 2 aromatic carbocycles. The van der Waals surface area contributed by atoms with Gasteiger partial charge in [-0.25, -0.2) is 4.68 Å². The van der Waals surface area contributed by atoms with Crippen LogP contribution in [0, 0.1) is 13.8 Å². The number of nitrogens with one attached hydrogen (secondary N) is 1. The van der Waals surface area contributed by atoms with Gasteiger partial charge in [0.05, 0.1) is 18.5 Å². The van der Waals surface area contributed by atoms with Gasteiger partial charge in [0, 0.05) is 12.1 Å². The Hall–Kier alpha value is -2.75. The highest BCUT2D eigenvalue weighted by Crippen LogP contribution is 2.30. The lowest BCUT2D eigenvalue weighted by Crippen LogP contribution is -2.08. The van der Waals surface area contributed by atoms with Crippen LogP contribution in [-0.2, 0) is 19.3 Å². The van der Waals surface area contributed by atoms with E-state index in [-0.39, 0.29) is 0 Å². The predicted molar refractivity (Wildman–Crippen MR) is 115 cm³/mol. The summed E-state index contributed by atoms with van der Waals surface area (Å²) in [7, 11) is 1.71. The van der Waals surface area contributed by atoms with Crippen LogP contribution < -0.4 is 10.1 Å². The Balaban J connectivity index is 1.66. The zero-order chi connectivity index (χ0) is 19.5. The van der Waals surface area contributed by atoms with Gasteiger partial charge in [-0.2, -0.15) is 5.10 Å². The van der Waals surface area contributed by atoms with Crippen molar-refractivity contribution >= 4 is 5.82 Å². The number of anilines is 1. The molecule has 4 nitrogen and oxygen atoms in total. The fraction of sp³-hybridized carbons (Fsp3) is 0.375. The highest BCUT2D eigenvalue weighted by molar-refractivity contribution is 5.56. The van der Waals surface area contributed by atoms with Gasteiger partial charge in [0.2, 0.25) is 0 Å². The number of ether oxygens (including phenoxy) is 1. The first-order chi connectivity index (χ1) is 13.7. The molecular formula is C24H29N3O. The lowest BCUT2D eigenvalue weighted by atomic mass is 10.0. The van der Waals surface area contributed by atoms with Gasteiger partial charge in [-0.1, -0.05) is 29.8 Å². The maximum absolute atomic E-state index is 5.27. The topological polar surface area (TPSA) is 39.1 Å². The van der Waals surface area contributed by atoms with Gasteiger partial charge in [-0.15, -0.1) is 0 Å². The lowest BCUT2D eigenvalue weighted by Gasteiger charge is -2.12. The van der Waals surface area contributed by atoms with Crippen molar-refractivity contribution in [2.75, 3.05) is 19.0 Å². The second-order valence-corrected chi connectivity index (χ2v) is 7.71. The molecule has 4 rings (SSSR count). The van der Waals surface area contributed by atoms with Crippen LogP contribution in [0.25, 0.3) is 5.69 Å². The Morgan fingerprint density at radius 3 is 2.61 bits per heavy atom. The maximum atomic E-state index is 5.27. The third-order valence-electron chi connectivity index (χ3n) is 5.60. The minimum atomic E-state index is 0.904. The SMILES string of the molecule is COc1ccc(CCc2nn(-c3ccc(C)cc3C)c3c2CCCCN3)cc1. The summed E-state index contributed by atoms with van der Waals surface area (Å²) < 4.78 is 7.41. The van der Waals surface area contributed by atoms with Gasteiger partial charge in [-0.05, 0) is 75.3 Å². The smallest absolute Gasteiger partial charge is 0.133 e. The largest absolute Gasteiger partial charge is 0.497 e. The average molecular weight is 376 g/mol. The van der Waals surface area contributed by atoms with Crippen LogP contribution in [0.1, 0.15) is 40.8 Å². The first-order valence-corrected chi connectivity index (χ1v) is 10.2. The number of methoxy groups -OCH3 is 1. The second kappa shape index (κ2) is 8.09. The van der Waals surface area contributed by atoms with E-state index in [1.807, 2.05) is 12.1 Å². The Bertz CT molecular complexity index is 957. The van der Waals surface area contributed by atoms with Crippen LogP contribution in [0.3, 0.4) is 0 Å². The maximum Gasteiger partial charge on any atom is 0.133 e. The first kappa shape index (κ1) is 18.6. The fourth-order valence-electron chi connectivity index (χ4n) is 4.05. The van der Waals surface area contributed by atoms with E-state index < -0.39 is 0 Å². The number of rotatable bonds is 5. The van der Waals surface area contributed by atoms with Crippen molar-refractivity contribution < 1.29 is 4.74 Å². The van der Waals surface area contributed by atoms with Crippen LogP contribution in [-0.4, -0.2) is 23.4 Å². The number of hydrogen-bond donors (Lipinski definition) is 1. The number of aryl methyl sites for hydroxylation is 4. The van der Waals surface area contributed by atoms with Crippen molar-refractivity contribution in [3.8, 4) is 11.4 Å². The Morgan fingerprint density at radius 1 is 1.04 bits per heavy atom. The zero-order valence-electron chi connectivity index (χ0n) is 17.1. The third kappa shape index (κ3) is 3.77. The minimum Gasteiger partial charge on any atom is -0.497 e. The molecule has 4 heteroatoms. The standard InChI is InChI=1S/C24H29N3O/c1-17-7-14-23(18(2)16-17)27-24-21(6-4-5-15-25-24)22(26-27)13-10-19-8-11-20(28-3)12-9-19/h7-9,11-12,14,16,25H,4-6,10,13,15H2,1-3H3. The van der Waals surface area contributed by atoms with E-state index in [1.165, 1.54) is 52.3 Å². The summed E-state index contributed by atoms with van der Waals surface area (Å²) >= 11 is 0. The van der Waals surface area contributed by atoms with Crippen molar-refractivity contribution in [2.24, 2.45) is 0 Å². The quantitative estimate of drug-likeness (QED) is 0.680. The van der Waals surface area contributed by atoms with Gasteiger partial charge in [0.1, 0.15) is 11.6 Å². The van der Waals surface area contributed by atoms with Crippen molar-refractivity contribution in [3.05, 3.63) is 70.4 Å². The molecule has 3 aromatic rings. The molecule has 0 saturated carbocycles. The zero-order valence-corrected chi connectivity index (χ0v) is 17.1. The number of aromatic nitrogens is 2. The van der Waals surface area contributed by atoms with Gasteiger partial charge in [0.25, 0.3) is 0 Å². The van der Waals surface area contributed by atoms with E-state index in [0.29, 0.717) is 0 Å². The number of nitrogens with zero attached hydrogens (tertiary/aromatic N) is 2. The van der Waals surface area contributed by atoms with E-state index in [4.69, 9.17) is 9.84 Å². The van der Waals surface area contributed by atoms with Gasteiger partial charge < -0.3 is 10.1 Å². The van der Waals surface area contributed by atoms with Crippen molar-refractivity contribution in [3.63, 3.8) is 0 Å². The highest BCUT2D eigenvalue weighted by Gasteiger charge is 2.21. The summed E-state index contributed by atoms with van der Waals surface area (Å²) in [6, 6.07) is 15.0. The molecule has 1 aliphatic rings. The molecule has 0 amide bonds. The molecule has 0 fully saturated rings. The minimum absolute atomic E-state index is 0.904. The van der Waals surface area contributed by atoms with Crippen LogP contribution >= 0.6 is 0 Å². The molecule has 1 aromatic heterocycles. The molecule has 28 heavy (non-hydrogen) atoms. The van der Waals surface area contributed by atoms with E-state index in [1.54, 1.807) is 7.11 Å². The average Bonchev–Trinajstić information content (AvgIpc) is 2.87. The Morgan fingerprint density at radius 2 is 1.86 bits per heavy atom. The van der Waals surface area contributed by atoms with Crippen LogP contribution in [0.5, 0.6) is 5.75 Å². The van der Waals surface area contributed by atoms with Crippen LogP contribution in [0.2, 0.25) is 0 Å². The van der Waals surface area contributed by atoms with Crippen LogP contribution in [0.15, 0.2) is 42.5 Å². The lowest BCUT2D eigenvalue weighted by molar-refractivity contribution is 0.414. The predicted octanol–water partition coefficient (Wildman–Crippen LogP) is 5.03. The molecule has 0 unspecified atom stereocenters. The molecule has 0 radical (unpaired) electrons. The van der Waals surface area contributed by atoms with E-state index in [9.17, 15) is 0 Å². The van der Waals surface area contributed by atoms with E-state index in [0.717, 1.165) is 31.6 Å². The molecule has 0 bridgehead atoms. The highest BCUT2D eigenvalue weighted by atomic mass is 16.5. The molecule has 0 aliphatic carbocycles. The van der Waals surface area contributed by atoms with Crippen LogP contribution in [0.4, 0.5) is 5.82 Å². The monoisotopic (exact) mass is 375 g/mol. The summed E-state index contributed by atoms with van der Waals surface area (Å²) in [6.45, 7) is 5.32. The molecule has 146 valence electrons. The summed E-state index contributed by atoms with van der Waals surface area (Å²) in [5, 5.41) is 8.72. The molecule has 0 saturated heterocycles. The fourth-order valence-corrected chi connectivity index (χ4v) is 4.05. The summed E-state index contributed by atoms with van der Waals surface area (Å²) in [4.78, 5) is 0. The first-order valence-electron chi connectivity index (χ1n) is 10.2. The normalized spacial score (nSPS) is 13.5. The number of hydrogen-bond acceptors (Lipinski definition) is 3.